The van der Waals surface area contributed by atoms with Gasteiger partial charge in [0.25, 0.3) is 0 Å². The summed E-state index contributed by atoms with van der Waals surface area (Å²) in [5.74, 6) is 2.91. The molecular formula is C23H31FN2O. The van der Waals surface area contributed by atoms with Crippen molar-refractivity contribution in [2.45, 2.75) is 63.5 Å². The highest BCUT2D eigenvalue weighted by Gasteiger charge is 2.51. The van der Waals surface area contributed by atoms with Gasteiger partial charge >= 0.3 is 0 Å². The Hall–Kier alpha value is -1.42. The number of hydrogen-bond donors (Lipinski definition) is 1. The molecule has 1 amide bonds. The van der Waals surface area contributed by atoms with Gasteiger partial charge in [-0.3, -0.25) is 9.69 Å². The van der Waals surface area contributed by atoms with Crippen molar-refractivity contribution in [3.8, 4) is 0 Å². The minimum Gasteiger partial charge on any atom is -0.350 e. The summed E-state index contributed by atoms with van der Waals surface area (Å²) in [4.78, 5) is 15.4. The van der Waals surface area contributed by atoms with E-state index in [0.29, 0.717) is 5.91 Å². The predicted octanol–water partition coefficient (Wildman–Crippen LogP) is 4.12. The number of amides is 1. The van der Waals surface area contributed by atoms with Crippen molar-refractivity contribution in [2.24, 2.45) is 23.7 Å². The first-order chi connectivity index (χ1) is 13.1. The van der Waals surface area contributed by atoms with Crippen LogP contribution in [-0.2, 0) is 11.3 Å². The molecule has 0 radical (unpaired) electrons. The van der Waals surface area contributed by atoms with Gasteiger partial charge in [-0.1, -0.05) is 12.1 Å². The van der Waals surface area contributed by atoms with Crippen molar-refractivity contribution in [1.82, 2.24) is 10.2 Å². The maximum absolute atomic E-state index is 13.1. The van der Waals surface area contributed by atoms with Gasteiger partial charge in [0.2, 0.25) is 5.91 Å². The Morgan fingerprint density at radius 2 is 1.56 bits per heavy atom. The molecule has 4 saturated carbocycles. The lowest BCUT2D eigenvalue weighted by Gasteiger charge is -2.57. The van der Waals surface area contributed by atoms with E-state index in [-0.39, 0.29) is 17.3 Å². The first-order valence-corrected chi connectivity index (χ1v) is 10.9. The third kappa shape index (κ3) is 3.65. The number of carbonyl (C=O) groups is 1. The maximum atomic E-state index is 13.1. The van der Waals surface area contributed by atoms with Gasteiger partial charge in [-0.2, -0.15) is 0 Å². The minimum atomic E-state index is -0.182. The number of piperidine rings is 1. The van der Waals surface area contributed by atoms with Crippen LogP contribution in [0, 0.1) is 29.5 Å². The lowest BCUT2D eigenvalue weighted by molar-refractivity contribution is -0.132. The second kappa shape index (κ2) is 6.88. The molecule has 0 unspecified atom stereocenters. The number of benzene rings is 1. The summed E-state index contributed by atoms with van der Waals surface area (Å²) in [6, 6.07) is 6.78. The molecule has 5 fully saturated rings. The van der Waals surface area contributed by atoms with Crippen molar-refractivity contribution in [3.63, 3.8) is 0 Å². The topological polar surface area (TPSA) is 32.3 Å². The Bertz CT molecular complexity index is 658. The molecule has 0 atom stereocenters. The quantitative estimate of drug-likeness (QED) is 0.865. The van der Waals surface area contributed by atoms with Gasteiger partial charge in [0.05, 0.1) is 0 Å². The van der Waals surface area contributed by atoms with Crippen molar-refractivity contribution < 1.29 is 9.18 Å². The molecule has 146 valence electrons. The molecule has 4 aliphatic carbocycles. The van der Waals surface area contributed by atoms with Crippen LogP contribution in [0.1, 0.15) is 56.9 Å². The normalized spacial score (nSPS) is 36.1. The van der Waals surface area contributed by atoms with E-state index in [9.17, 15) is 9.18 Å². The SMILES string of the molecule is O=C(NC12CC3CC(CC(C3)C1)C2)C1CCN(Cc2ccc(F)cc2)CC1. The van der Waals surface area contributed by atoms with Crippen LogP contribution < -0.4 is 5.32 Å². The molecular weight excluding hydrogens is 339 g/mol. The van der Waals surface area contributed by atoms with Gasteiger partial charge in [0.15, 0.2) is 0 Å². The van der Waals surface area contributed by atoms with Crippen LogP contribution in [0.15, 0.2) is 24.3 Å². The van der Waals surface area contributed by atoms with Crippen molar-refractivity contribution in [1.29, 1.82) is 0 Å². The van der Waals surface area contributed by atoms with Crippen LogP contribution in [0.3, 0.4) is 0 Å². The number of hydrogen-bond acceptors (Lipinski definition) is 2. The van der Waals surface area contributed by atoms with Gasteiger partial charge in [-0.15, -0.1) is 0 Å². The van der Waals surface area contributed by atoms with Crippen LogP contribution in [0.2, 0.25) is 0 Å². The molecule has 0 aromatic heterocycles. The molecule has 1 aliphatic heterocycles. The third-order valence-electron chi connectivity index (χ3n) is 7.70. The van der Waals surface area contributed by atoms with E-state index in [0.717, 1.165) is 55.8 Å². The number of carbonyl (C=O) groups excluding carboxylic acids is 1. The molecule has 3 nitrogen and oxygen atoms in total. The Balaban J connectivity index is 1.14. The summed E-state index contributed by atoms with van der Waals surface area (Å²) in [7, 11) is 0. The molecule has 1 saturated heterocycles. The molecule has 1 heterocycles. The summed E-state index contributed by atoms with van der Waals surface area (Å²) in [5.41, 5.74) is 1.28. The molecule has 0 spiro atoms. The number of nitrogens with one attached hydrogen (secondary N) is 1. The Morgan fingerprint density at radius 1 is 1.00 bits per heavy atom. The highest BCUT2D eigenvalue weighted by atomic mass is 19.1. The fourth-order valence-electron chi connectivity index (χ4n) is 6.83. The number of likely N-dealkylation sites (tertiary alicyclic amines) is 1. The zero-order chi connectivity index (χ0) is 18.4. The van der Waals surface area contributed by atoms with Gasteiger partial charge in [-0.05, 0) is 99.9 Å². The molecule has 6 rings (SSSR count). The fraction of sp³-hybridized carbons (Fsp3) is 0.696. The monoisotopic (exact) mass is 370 g/mol. The Labute approximate surface area is 161 Å². The van der Waals surface area contributed by atoms with E-state index in [1.54, 1.807) is 0 Å². The first kappa shape index (κ1) is 17.7. The lowest BCUT2D eigenvalue weighted by Crippen LogP contribution is -2.61. The van der Waals surface area contributed by atoms with Gasteiger partial charge in [-0.25, -0.2) is 4.39 Å². The van der Waals surface area contributed by atoms with E-state index < -0.39 is 0 Å². The second-order valence-corrected chi connectivity index (χ2v) is 9.86. The number of nitrogens with zero attached hydrogens (tertiary/aromatic N) is 1. The van der Waals surface area contributed by atoms with Crippen LogP contribution in [-0.4, -0.2) is 29.4 Å². The summed E-state index contributed by atoms with van der Waals surface area (Å²) in [6.07, 6.45) is 9.82. The summed E-state index contributed by atoms with van der Waals surface area (Å²) in [5, 5.41) is 3.57. The molecule has 1 aromatic rings. The zero-order valence-corrected chi connectivity index (χ0v) is 16.1. The van der Waals surface area contributed by atoms with Crippen LogP contribution in [0.25, 0.3) is 0 Å². The Kier molecular flexibility index (Phi) is 4.50. The highest BCUT2D eigenvalue weighted by molar-refractivity contribution is 5.79. The minimum absolute atomic E-state index is 0.136. The van der Waals surface area contributed by atoms with Crippen molar-refractivity contribution in [2.75, 3.05) is 13.1 Å². The molecule has 1 aromatic carbocycles. The second-order valence-electron chi connectivity index (χ2n) is 9.86. The number of rotatable bonds is 4. The van der Waals surface area contributed by atoms with E-state index in [4.69, 9.17) is 0 Å². The van der Waals surface area contributed by atoms with Crippen LogP contribution in [0.4, 0.5) is 4.39 Å². The van der Waals surface area contributed by atoms with Crippen LogP contribution in [0.5, 0.6) is 0 Å². The molecule has 4 heteroatoms. The van der Waals surface area contributed by atoms with E-state index >= 15 is 0 Å². The van der Waals surface area contributed by atoms with E-state index in [2.05, 4.69) is 10.2 Å². The standard InChI is InChI=1S/C23H31FN2O/c24-21-3-1-16(2-4-21)15-26-7-5-20(6-8-26)22(27)25-23-12-17-9-18(13-23)11-19(10-17)14-23/h1-4,17-20H,5-15H2,(H,25,27). The van der Waals surface area contributed by atoms with E-state index in [1.165, 1.54) is 50.7 Å². The van der Waals surface area contributed by atoms with E-state index in [1.807, 2.05) is 12.1 Å². The predicted molar refractivity (Wildman–Crippen MR) is 103 cm³/mol. The molecule has 27 heavy (non-hydrogen) atoms. The smallest absolute Gasteiger partial charge is 0.223 e. The zero-order valence-electron chi connectivity index (χ0n) is 16.1. The van der Waals surface area contributed by atoms with Gasteiger partial charge < -0.3 is 5.32 Å². The third-order valence-corrected chi connectivity index (χ3v) is 7.70. The first-order valence-electron chi connectivity index (χ1n) is 10.9. The average Bonchev–Trinajstić information content (AvgIpc) is 2.63. The van der Waals surface area contributed by atoms with Crippen molar-refractivity contribution >= 4 is 5.91 Å². The highest BCUT2D eigenvalue weighted by Crippen LogP contribution is 2.55. The average molecular weight is 371 g/mol. The largest absolute Gasteiger partial charge is 0.350 e. The number of halogens is 1. The molecule has 1 N–H and O–H groups in total. The van der Waals surface area contributed by atoms with Crippen molar-refractivity contribution in [3.05, 3.63) is 35.6 Å². The summed E-state index contributed by atoms with van der Waals surface area (Å²) >= 11 is 0. The summed E-state index contributed by atoms with van der Waals surface area (Å²) in [6.45, 7) is 2.76. The van der Waals surface area contributed by atoms with Gasteiger partial charge in [0.1, 0.15) is 5.82 Å². The molecule has 4 bridgehead atoms. The fourth-order valence-corrected chi connectivity index (χ4v) is 6.83. The lowest BCUT2D eigenvalue weighted by atomic mass is 9.53. The Morgan fingerprint density at radius 3 is 2.11 bits per heavy atom. The summed E-state index contributed by atoms with van der Waals surface area (Å²) < 4.78 is 13.1. The molecule has 5 aliphatic rings. The maximum Gasteiger partial charge on any atom is 0.223 e. The van der Waals surface area contributed by atoms with Gasteiger partial charge in [0, 0.05) is 18.0 Å². The van der Waals surface area contributed by atoms with Crippen LogP contribution >= 0.6 is 0 Å².